The Labute approximate surface area is 78.7 Å². The summed E-state index contributed by atoms with van der Waals surface area (Å²) in [4.78, 5) is 0. The molecule has 0 aliphatic rings. The molecule has 0 saturated carbocycles. The minimum absolute atomic E-state index is 0.415. The average molecular weight is 183 g/mol. The van der Waals surface area contributed by atoms with Crippen molar-refractivity contribution >= 4 is 0 Å². The predicted octanol–water partition coefficient (Wildman–Crippen LogP) is 1.69. The average Bonchev–Trinajstić information content (AvgIpc) is 2.56. The number of nitrogens with zero attached hydrogens (tertiary/aromatic N) is 2. The van der Waals surface area contributed by atoms with Crippen LogP contribution in [0.5, 0.6) is 0 Å². The van der Waals surface area contributed by atoms with Crippen LogP contribution < -0.4 is 5.32 Å². The van der Waals surface area contributed by atoms with Crippen molar-refractivity contribution < 1.29 is 4.42 Å². The Hall–Kier alpha value is -0.900. The molecule has 0 fully saturated rings. The zero-order chi connectivity index (χ0) is 9.68. The highest BCUT2D eigenvalue weighted by Gasteiger charge is 2.14. The molecule has 0 bridgehead atoms. The minimum atomic E-state index is 0.415. The minimum Gasteiger partial charge on any atom is -0.424 e. The van der Waals surface area contributed by atoms with E-state index in [1.165, 1.54) is 0 Å². The number of rotatable bonds is 5. The fraction of sp³-hybridized carbons (Fsp3) is 0.778. The molecule has 0 radical (unpaired) electrons. The largest absolute Gasteiger partial charge is 0.424 e. The van der Waals surface area contributed by atoms with E-state index in [4.69, 9.17) is 4.42 Å². The van der Waals surface area contributed by atoms with Crippen molar-refractivity contribution in [2.75, 3.05) is 7.05 Å². The van der Waals surface area contributed by atoms with Crippen molar-refractivity contribution in [3.63, 3.8) is 0 Å². The van der Waals surface area contributed by atoms with Gasteiger partial charge >= 0.3 is 0 Å². The van der Waals surface area contributed by atoms with E-state index in [2.05, 4.69) is 29.4 Å². The second-order valence-corrected chi connectivity index (χ2v) is 3.08. The molecule has 1 N–H and O–H groups in total. The van der Waals surface area contributed by atoms with Gasteiger partial charge in [-0.2, -0.15) is 0 Å². The molecule has 1 aromatic rings. The lowest BCUT2D eigenvalue weighted by atomic mass is 10.0. The Morgan fingerprint density at radius 1 is 1.31 bits per heavy atom. The van der Waals surface area contributed by atoms with Crippen LogP contribution in [0.25, 0.3) is 0 Å². The smallest absolute Gasteiger partial charge is 0.230 e. The van der Waals surface area contributed by atoms with E-state index < -0.39 is 0 Å². The van der Waals surface area contributed by atoms with Crippen molar-refractivity contribution in [3.8, 4) is 0 Å². The summed E-state index contributed by atoms with van der Waals surface area (Å²) in [5.41, 5.74) is 0. The molecule has 0 unspecified atom stereocenters. The number of nitrogens with one attached hydrogen (secondary N) is 1. The monoisotopic (exact) mass is 183 g/mol. The first kappa shape index (κ1) is 10.2. The van der Waals surface area contributed by atoms with Crippen molar-refractivity contribution in [2.45, 2.75) is 39.2 Å². The summed E-state index contributed by atoms with van der Waals surface area (Å²) in [5.74, 6) is 1.86. The summed E-state index contributed by atoms with van der Waals surface area (Å²) >= 11 is 0. The first-order valence-electron chi connectivity index (χ1n) is 4.78. The Morgan fingerprint density at radius 2 is 2.00 bits per heavy atom. The normalized spacial score (nSPS) is 11.1. The van der Waals surface area contributed by atoms with Crippen LogP contribution in [0, 0.1) is 0 Å². The van der Waals surface area contributed by atoms with Crippen molar-refractivity contribution in [1.29, 1.82) is 0 Å². The van der Waals surface area contributed by atoms with Gasteiger partial charge in [0, 0.05) is 5.92 Å². The van der Waals surface area contributed by atoms with Crippen molar-refractivity contribution in [1.82, 2.24) is 15.5 Å². The molecule has 0 spiro atoms. The van der Waals surface area contributed by atoms with Crippen LogP contribution >= 0.6 is 0 Å². The summed E-state index contributed by atoms with van der Waals surface area (Å²) in [6.45, 7) is 4.92. The maximum absolute atomic E-state index is 5.48. The fourth-order valence-electron chi connectivity index (χ4n) is 1.29. The molecule has 1 aromatic heterocycles. The van der Waals surface area contributed by atoms with E-state index in [-0.39, 0.29) is 0 Å². The Bertz CT molecular complexity index is 243. The van der Waals surface area contributed by atoms with Gasteiger partial charge in [-0.3, -0.25) is 0 Å². The molecular formula is C9H17N3O. The zero-order valence-electron chi connectivity index (χ0n) is 8.50. The molecule has 4 nitrogen and oxygen atoms in total. The van der Waals surface area contributed by atoms with E-state index in [9.17, 15) is 0 Å². The molecule has 1 rings (SSSR count). The van der Waals surface area contributed by atoms with E-state index >= 15 is 0 Å². The summed E-state index contributed by atoms with van der Waals surface area (Å²) in [5, 5.41) is 10.9. The molecule has 4 heteroatoms. The van der Waals surface area contributed by atoms with Crippen LogP contribution in [-0.2, 0) is 6.54 Å². The summed E-state index contributed by atoms with van der Waals surface area (Å²) in [6, 6.07) is 0. The van der Waals surface area contributed by atoms with E-state index in [1.54, 1.807) is 0 Å². The molecule has 0 aliphatic heterocycles. The number of hydrogen-bond donors (Lipinski definition) is 1. The van der Waals surface area contributed by atoms with Gasteiger partial charge in [0.2, 0.25) is 11.8 Å². The lowest BCUT2D eigenvalue weighted by Gasteiger charge is -2.04. The molecule has 1 heterocycles. The quantitative estimate of drug-likeness (QED) is 0.754. The zero-order valence-corrected chi connectivity index (χ0v) is 8.50. The maximum Gasteiger partial charge on any atom is 0.230 e. The van der Waals surface area contributed by atoms with Gasteiger partial charge in [0.25, 0.3) is 0 Å². The lowest BCUT2D eigenvalue weighted by Crippen LogP contribution is -2.04. The Morgan fingerprint density at radius 3 is 2.54 bits per heavy atom. The topological polar surface area (TPSA) is 51.0 Å². The van der Waals surface area contributed by atoms with Gasteiger partial charge in [0.05, 0.1) is 6.54 Å². The third-order valence-electron chi connectivity index (χ3n) is 2.15. The third-order valence-corrected chi connectivity index (χ3v) is 2.15. The summed E-state index contributed by atoms with van der Waals surface area (Å²) in [7, 11) is 1.86. The van der Waals surface area contributed by atoms with Crippen molar-refractivity contribution in [2.24, 2.45) is 0 Å². The first-order chi connectivity index (χ1) is 6.31. The molecule has 0 amide bonds. The second-order valence-electron chi connectivity index (χ2n) is 3.08. The van der Waals surface area contributed by atoms with Gasteiger partial charge in [-0.1, -0.05) is 13.8 Å². The maximum atomic E-state index is 5.48. The van der Waals surface area contributed by atoms with Gasteiger partial charge in [0.15, 0.2) is 0 Å². The standard InChI is InChI=1S/C9H17N3O/c1-4-7(5-2)9-12-11-8(13-9)6-10-3/h7,10H,4-6H2,1-3H3. The highest BCUT2D eigenvalue weighted by atomic mass is 16.4. The van der Waals surface area contributed by atoms with Crippen LogP contribution in [0.4, 0.5) is 0 Å². The van der Waals surface area contributed by atoms with Gasteiger partial charge in [-0.25, -0.2) is 0 Å². The van der Waals surface area contributed by atoms with Crippen LogP contribution in [0.15, 0.2) is 4.42 Å². The second kappa shape index (κ2) is 4.97. The van der Waals surface area contributed by atoms with Crippen LogP contribution in [0.3, 0.4) is 0 Å². The van der Waals surface area contributed by atoms with E-state index in [0.717, 1.165) is 18.7 Å². The van der Waals surface area contributed by atoms with Gasteiger partial charge in [0.1, 0.15) is 0 Å². The van der Waals surface area contributed by atoms with E-state index in [1.807, 2.05) is 7.05 Å². The molecule has 0 aromatic carbocycles. The molecule has 13 heavy (non-hydrogen) atoms. The van der Waals surface area contributed by atoms with Crippen LogP contribution in [0.1, 0.15) is 44.4 Å². The molecule has 0 aliphatic carbocycles. The van der Waals surface area contributed by atoms with E-state index in [0.29, 0.717) is 18.4 Å². The van der Waals surface area contributed by atoms with Gasteiger partial charge < -0.3 is 9.73 Å². The highest BCUT2D eigenvalue weighted by molar-refractivity contribution is 4.90. The summed E-state index contributed by atoms with van der Waals surface area (Å²) < 4.78 is 5.48. The molecular weight excluding hydrogens is 166 g/mol. The fourth-order valence-corrected chi connectivity index (χ4v) is 1.29. The number of hydrogen-bond acceptors (Lipinski definition) is 4. The van der Waals surface area contributed by atoms with Crippen molar-refractivity contribution in [3.05, 3.63) is 11.8 Å². The van der Waals surface area contributed by atoms with Crippen LogP contribution in [-0.4, -0.2) is 17.2 Å². The predicted molar refractivity (Wildman–Crippen MR) is 50.4 cm³/mol. The Balaban J connectivity index is 2.66. The SMILES string of the molecule is CCC(CC)c1nnc(CNC)o1. The molecule has 0 saturated heterocycles. The Kier molecular flexibility index (Phi) is 3.89. The highest BCUT2D eigenvalue weighted by Crippen LogP contribution is 2.20. The molecule has 0 atom stereocenters. The third kappa shape index (κ3) is 2.52. The van der Waals surface area contributed by atoms with Gasteiger partial charge in [-0.15, -0.1) is 10.2 Å². The summed E-state index contributed by atoms with van der Waals surface area (Å²) in [6.07, 6.45) is 2.11. The molecule has 74 valence electrons. The van der Waals surface area contributed by atoms with Gasteiger partial charge in [-0.05, 0) is 19.9 Å². The first-order valence-corrected chi connectivity index (χ1v) is 4.78. The van der Waals surface area contributed by atoms with Crippen LogP contribution in [0.2, 0.25) is 0 Å². The number of aromatic nitrogens is 2. The lowest BCUT2D eigenvalue weighted by molar-refractivity contribution is 0.398.